The van der Waals surface area contributed by atoms with E-state index < -0.39 is 13.0 Å². The molecule has 0 unspecified atom stereocenters. The van der Waals surface area contributed by atoms with Crippen molar-refractivity contribution in [3.8, 4) is 0 Å². The van der Waals surface area contributed by atoms with Crippen molar-refractivity contribution in [3.63, 3.8) is 0 Å². The van der Waals surface area contributed by atoms with Crippen LogP contribution in [0.2, 0.25) is 0 Å². The van der Waals surface area contributed by atoms with Gasteiger partial charge in [-0.15, -0.1) is 0 Å². The molecule has 0 aromatic heterocycles. The summed E-state index contributed by atoms with van der Waals surface area (Å²) in [4.78, 5) is 0. The van der Waals surface area contributed by atoms with Crippen molar-refractivity contribution in [2.75, 3.05) is 42.3 Å². The van der Waals surface area contributed by atoms with Gasteiger partial charge in [0.05, 0.1) is 0 Å². The average Bonchev–Trinajstić information content (AvgIpc) is 1.84. The summed E-state index contributed by atoms with van der Waals surface area (Å²) >= 11 is -2.53. The molecule has 3 nitrogen and oxygen atoms in total. The number of halogens is 1. The number of rotatable bonds is 3. The van der Waals surface area contributed by atoms with Crippen LogP contribution in [-0.2, 0) is 0 Å². The second-order valence-electron chi connectivity index (χ2n) is 3.24. The van der Waals surface area contributed by atoms with E-state index >= 15 is 0 Å². The third-order valence-electron chi connectivity index (χ3n) is 1.71. The molecule has 0 N–H and O–H groups in total. The van der Waals surface area contributed by atoms with Gasteiger partial charge in [0.15, 0.2) is 0 Å². The van der Waals surface area contributed by atoms with Crippen LogP contribution in [0.4, 0.5) is 0 Å². The van der Waals surface area contributed by atoms with Crippen LogP contribution < -0.4 is 0 Å². The number of hydrogen-bond donors (Lipinski definition) is 0. The molecule has 0 aliphatic heterocycles. The first-order chi connectivity index (χ1) is 4.83. The van der Waals surface area contributed by atoms with Crippen molar-refractivity contribution in [1.82, 2.24) is 11.6 Å². The summed E-state index contributed by atoms with van der Waals surface area (Å²) in [6, 6.07) is 0. The van der Waals surface area contributed by atoms with Gasteiger partial charge in [-0.05, 0) is 0 Å². The van der Waals surface area contributed by atoms with E-state index in [2.05, 4.69) is 11.6 Å². The summed E-state index contributed by atoms with van der Waals surface area (Å²) in [7, 11) is 18.7. The van der Waals surface area contributed by atoms with Crippen molar-refractivity contribution >= 4 is 23.0 Å². The van der Waals surface area contributed by atoms with E-state index in [9.17, 15) is 0 Å². The molecule has 0 fully saturated rings. The first kappa shape index (κ1) is 11.7. The van der Waals surface area contributed by atoms with E-state index in [1.54, 1.807) is 0 Å². The third kappa shape index (κ3) is 2.32. The topological polar surface area (TPSA) is 9.72 Å². The zero-order valence-electron chi connectivity index (χ0n) is 8.22. The molecular weight excluding hydrogens is 222 g/mol. The SMILES string of the molecule is C[N](C)[Ge]([Cl])([N](C)C)[N](C)C. The average molecular weight is 240 g/mol. The summed E-state index contributed by atoms with van der Waals surface area (Å²) in [6.45, 7) is 0. The molecule has 0 aliphatic rings. The molecule has 0 radical (unpaired) electrons. The Bertz CT molecular complexity index is 105. The molecule has 5 heteroatoms. The molecule has 0 rings (SSSR count). The molecule has 0 amide bonds. The van der Waals surface area contributed by atoms with Gasteiger partial charge < -0.3 is 0 Å². The van der Waals surface area contributed by atoms with E-state index in [0.717, 1.165) is 0 Å². The van der Waals surface area contributed by atoms with Crippen LogP contribution in [0, 0.1) is 0 Å². The Morgan fingerprint density at radius 1 is 0.727 bits per heavy atom. The molecule has 0 saturated carbocycles. The quantitative estimate of drug-likeness (QED) is 0.659. The van der Waals surface area contributed by atoms with E-state index in [0.29, 0.717) is 0 Å². The van der Waals surface area contributed by atoms with Crippen LogP contribution in [0.1, 0.15) is 0 Å². The molecule has 0 saturated heterocycles. The molecule has 0 spiro atoms. The van der Waals surface area contributed by atoms with Gasteiger partial charge in [0.1, 0.15) is 0 Å². The van der Waals surface area contributed by atoms with Crippen molar-refractivity contribution < 1.29 is 0 Å². The van der Waals surface area contributed by atoms with Crippen LogP contribution in [0.3, 0.4) is 0 Å². The molecule has 11 heavy (non-hydrogen) atoms. The Morgan fingerprint density at radius 2 is 0.909 bits per heavy atom. The third-order valence-corrected chi connectivity index (χ3v) is 14.1. The van der Waals surface area contributed by atoms with Gasteiger partial charge in [0.25, 0.3) is 0 Å². The van der Waals surface area contributed by atoms with Crippen LogP contribution in [0.25, 0.3) is 0 Å². The maximum atomic E-state index is 6.51. The second kappa shape index (κ2) is 4.09. The van der Waals surface area contributed by atoms with Gasteiger partial charge in [-0.2, -0.15) is 0 Å². The minimum atomic E-state index is -2.53. The molecule has 0 aromatic rings. The molecule has 0 atom stereocenters. The molecular formula is C6H18ClGeN3. The Balaban J connectivity index is 4.53. The first-order valence-corrected chi connectivity index (χ1v) is 9.11. The zero-order chi connectivity index (χ0) is 9.23. The Labute approximate surface area is 77.1 Å². The van der Waals surface area contributed by atoms with Gasteiger partial charge >= 0.3 is 76.9 Å². The number of nitrogens with zero attached hydrogens (tertiary/aromatic N) is 3. The molecule has 0 aromatic carbocycles. The van der Waals surface area contributed by atoms with E-state index in [1.165, 1.54) is 0 Å². The Kier molecular flexibility index (Phi) is 4.36. The van der Waals surface area contributed by atoms with Crippen LogP contribution in [-0.4, -0.2) is 66.9 Å². The van der Waals surface area contributed by atoms with E-state index in [4.69, 9.17) is 10.0 Å². The fraction of sp³-hybridized carbons (Fsp3) is 1.00. The zero-order valence-corrected chi connectivity index (χ0v) is 11.1. The predicted octanol–water partition coefficient (Wildman–Crippen LogP) is 0.346. The van der Waals surface area contributed by atoms with E-state index in [-0.39, 0.29) is 0 Å². The van der Waals surface area contributed by atoms with Gasteiger partial charge in [-0.3, -0.25) is 0 Å². The first-order valence-electron chi connectivity index (χ1n) is 3.54. The number of hydrogen-bond acceptors (Lipinski definition) is 3. The fourth-order valence-corrected chi connectivity index (χ4v) is 6.24. The maximum absolute atomic E-state index is 6.51. The van der Waals surface area contributed by atoms with Crippen molar-refractivity contribution in [3.05, 3.63) is 0 Å². The molecule has 0 heterocycles. The summed E-state index contributed by atoms with van der Waals surface area (Å²) in [5.41, 5.74) is 0. The van der Waals surface area contributed by atoms with E-state index in [1.807, 2.05) is 42.3 Å². The standard InChI is InChI=1S/C6H18ClGeN3/c1-9(2)8(7,10(3)4)11(5)6/h1-6H3. The van der Waals surface area contributed by atoms with Crippen molar-refractivity contribution in [2.24, 2.45) is 0 Å². The monoisotopic (exact) mass is 241 g/mol. The molecule has 0 aliphatic carbocycles. The van der Waals surface area contributed by atoms with Crippen LogP contribution >= 0.6 is 10.0 Å². The Morgan fingerprint density at radius 3 is 0.909 bits per heavy atom. The summed E-state index contributed by atoms with van der Waals surface area (Å²) in [6.07, 6.45) is 0. The normalized spacial score (nSPS) is 13.6. The van der Waals surface area contributed by atoms with Crippen molar-refractivity contribution in [2.45, 2.75) is 0 Å². The molecule has 68 valence electrons. The minimum absolute atomic E-state index is 2.03. The van der Waals surface area contributed by atoms with Gasteiger partial charge in [-0.25, -0.2) is 0 Å². The molecule has 0 bridgehead atoms. The summed E-state index contributed by atoms with van der Waals surface area (Å²) < 4.78 is 6.42. The second-order valence-corrected chi connectivity index (χ2v) is 13.8. The Hall–Kier alpha value is 0.713. The van der Waals surface area contributed by atoms with Gasteiger partial charge in [-0.1, -0.05) is 0 Å². The van der Waals surface area contributed by atoms with Gasteiger partial charge in [0, 0.05) is 0 Å². The van der Waals surface area contributed by atoms with Crippen LogP contribution in [0.15, 0.2) is 0 Å². The fourth-order valence-electron chi connectivity index (χ4n) is 1.20. The van der Waals surface area contributed by atoms with Crippen LogP contribution in [0.5, 0.6) is 0 Å². The van der Waals surface area contributed by atoms with Crippen molar-refractivity contribution in [1.29, 1.82) is 0 Å². The predicted molar refractivity (Wildman–Crippen MR) is 52.7 cm³/mol. The van der Waals surface area contributed by atoms with Gasteiger partial charge in [0.2, 0.25) is 0 Å². The summed E-state index contributed by atoms with van der Waals surface area (Å²) in [5, 5.41) is 0. The summed E-state index contributed by atoms with van der Waals surface area (Å²) in [5.74, 6) is 0.